The van der Waals surface area contributed by atoms with Crippen LogP contribution in [0.4, 0.5) is 0 Å². The van der Waals surface area contributed by atoms with Crippen LogP contribution >= 0.6 is 0 Å². The molecule has 0 aliphatic heterocycles. The molecule has 1 atom stereocenters. The normalized spacial score (nSPS) is 12.1. The largest absolute Gasteiger partial charge is 0.497 e. The summed E-state index contributed by atoms with van der Waals surface area (Å²) >= 11 is 0. The number of carboxylic acid groups (broad SMARTS) is 1. The first kappa shape index (κ1) is 15.0. The molecule has 0 amide bonds. The van der Waals surface area contributed by atoms with Crippen LogP contribution in [0.1, 0.15) is 30.7 Å². The monoisotopic (exact) mass is 290 g/mol. The van der Waals surface area contributed by atoms with Crippen molar-refractivity contribution in [3.63, 3.8) is 0 Å². The van der Waals surface area contributed by atoms with Gasteiger partial charge < -0.3 is 14.3 Å². The summed E-state index contributed by atoms with van der Waals surface area (Å²) in [6.07, 6.45) is 1.11. The Kier molecular flexibility index (Phi) is 4.92. The van der Waals surface area contributed by atoms with Crippen LogP contribution in [-0.2, 0) is 17.6 Å². The highest BCUT2D eigenvalue weighted by atomic mass is 16.5. The number of rotatable bonds is 7. The van der Waals surface area contributed by atoms with Crippen LogP contribution < -0.4 is 4.74 Å². The molecular weight excluding hydrogens is 272 g/mol. The fourth-order valence-electron chi connectivity index (χ4n) is 2.03. The van der Waals surface area contributed by atoms with Gasteiger partial charge in [-0.3, -0.25) is 4.79 Å². The van der Waals surface area contributed by atoms with Crippen molar-refractivity contribution in [2.75, 3.05) is 7.11 Å². The van der Waals surface area contributed by atoms with Crippen LogP contribution in [0, 0.1) is 5.92 Å². The number of aliphatic carboxylic acids is 1. The van der Waals surface area contributed by atoms with Crippen LogP contribution in [-0.4, -0.2) is 28.4 Å². The minimum absolute atomic E-state index is 0.0308. The van der Waals surface area contributed by atoms with Gasteiger partial charge in [0.25, 0.3) is 0 Å². The molecular formula is C15H18N2O4. The van der Waals surface area contributed by atoms with Gasteiger partial charge >= 0.3 is 5.97 Å². The maximum atomic E-state index is 10.6. The summed E-state index contributed by atoms with van der Waals surface area (Å²) in [7, 11) is 1.62. The maximum Gasteiger partial charge on any atom is 0.303 e. The smallest absolute Gasteiger partial charge is 0.303 e. The zero-order valence-corrected chi connectivity index (χ0v) is 12.1. The third kappa shape index (κ3) is 4.59. The SMILES string of the molecule is COc1ccc(Cc2nnc(CC(C)CC(=O)O)o2)cc1. The predicted molar refractivity (Wildman–Crippen MR) is 75.2 cm³/mol. The Bertz CT molecular complexity index is 592. The van der Waals surface area contributed by atoms with E-state index in [1.807, 2.05) is 31.2 Å². The molecule has 21 heavy (non-hydrogen) atoms. The molecule has 2 rings (SSSR count). The lowest BCUT2D eigenvalue weighted by Gasteiger charge is -2.03. The molecule has 6 heteroatoms. The summed E-state index contributed by atoms with van der Waals surface area (Å²) in [4.78, 5) is 10.6. The first-order chi connectivity index (χ1) is 10.1. The molecule has 0 saturated heterocycles. The second kappa shape index (κ2) is 6.88. The van der Waals surface area contributed by atoms with E-state index in [9.17, 15) is 4.79 Å². The van der Waals surface area contributed by atoms with Gasteiger partial charge in [-0.05, 0) is 23.6 Å². The van der Waals surface area contributed by atoms with E-state index in [0.717, 1.165) is 11.3 Å². The Balaban J connectivity index is 1.94. The lowest BCUT2D eigenvalue weighted by atomic mass is 10.0. The van der Waals surface area contributed by atoms with Gasteiger partial charge in [0.1, 0.15) is 5.75 Å². The van der Waals surface area contributed by atoms with Crippen LogP contribution in [0.5, 0.6) is 5.75 Å². The van der Waals surface area contributed by atoms with E-state index >= 15 is 0 Å². The highest BCUT2D eigenvalue weighted by Crippen LogP contribution is 2.16. The number of benzene rings is 1. The van der Waals surface area contributed by atoms with Crippen LogP contribution in [0.15, 0.2) is 28.7 Å². The molecule has 0 aliphatic carbocycles. The quantitative estimate of drug-likeness (QED) is 0.842. The molecule has 1 aromatic carbocycles. The molecule has 1 heterocycles. The number of hydrogen-bond acceptors (Lipinski definition) is 5. The Hall–Kier alpha value is -2.37. The first-order valence-electron chi connectivity index (χ1n) is 6.72. The molecule has 0 radical (unpaired) electrons. The topological polar surface area (TPSA) is 85.5 Å². The Morgan fingerprint density at radius 3 is 2.57 bits per heavy atom. The van der Waals surface area contributed by atoms with E-state index in [1.165, 1.54) is 0 Å². The minimum atomic E-state index is -0.819. The van der Waals surface area contributed by atoms with Gasteiger partial charge in [-0.25, -0.2) is 0 Å². The lowest BCUT2D eigenvalue weighted by Crippen LogP contribution is -2.07. The summed E-state index contributed by atoms with van der Waals surface area (Å²) in [5.41, 5.74) is 1.05. The van der Waals surface area contributed by atoms with Gasteiger partial charge in [-0.2, -0.15) is 0 Å². The fraction of sp³-hybridized carbons (Fsp3) is 0.400. The number of carboxylic acids is 1. The van der Waals surface area contributed by atoms with Crippen molar-refractivity contribution in [3.8, 4) is 5.75 Å². The van der Waals surface area contributed by atoms with Crippen LogP contribution in [0.2, 0.25) is 0 Å². The third-order valence-corrected chi connectivity index (χ3v) is 3.07. The number of methoxy groups -OCH3 is 1. The van der Waals surface area contributed by atoms with Gasteiger partial charge in [0.15, 0.2) is 0 Å². The summed E-state index contributed by atoms with van der Waals surface area (Å²) in [5.74, 6) is 0.953. The molecule has 0 aliphatic rings. The second-order valence-electron chi connectivity index (χ2n) is 5.02. The van der Waals surface area contributed by atoms with Gasteiger partial charge in [0.2, 0.25) is 11.8 Å². The average Bonchev–Trinajstić information content (AvgIpc) is 2.85. The highest BCUT2D eigenvalue weighted by Gasteiger charge is 2.13. The number of hydrogen-bond donors (Lipinski definition) is 1. The number of carbonyl (C=O) groups is 1. The van der Waals surface area contributed by atoms with Crippen molar-refractivity contribution in [2.45, 2.75) is 26.2 Å². The molecule has 0 saturated carbocycles. The predicted octanol–water partition coefficient (Wildman–Crippen LogP) is 2.32. The third-order valence-electron chi connectivity index (χ3n) is 3.07. The van der Waals surface area contributed by atoms with Gasteiger partial charge in [0.05, 0.1) is 13.5 Å². The summed E-state index contributed by atoms with van der Waals surface area (Å²) < 4.78 is 10.6. The Labute approximate surface area is 122 Å². The molecule has 6 nitrogen and oxygen atoms in total. The lowest BCUT2D eigenvalue weighted by molar-refractivity contribution is -0.137. The average molecular weight is 290 g/mol. The number of ether oxygens (including phenoxy) is 1. The molecule has 112 valence electrons. The molecule has 0 spiro atoms. The van der Waals surface area contributed by atoms with Crippen molar-refractivity contribution in [1.29, 1.82) is 0 Å². The van der Waals surface area contributed by atoms with Gasteiger partial charge in [0, 0.05) is 12.8 Å². The molecule has 2 aromatic rings. The van der Waals surface area contributed by atoms with E-state index in [0.29, 0.717) is 24.6 Å². The fourth-order valence-corrected chi connectivity index (χ4v) is 2.03. The first-order valence-corrected chi connectivity index (χ1v) is 6.72. The van der Waals surface area contributed by atoms with Crippen LogP contribution in [0.3, 0.4) is 0 Å². The van der Waals surface area contributed by atoms with Crippen LogP contribution in [0.25, 0.3) is 0 Å². The minimum Gasteiger partial charge on any atom is -0.497 e. The van der Waals surface area contributed by atoms with E-state index in [2.05, 4.69) is 10.2 Å². The van der Waals surface area contributed by atoms with E-state index in [-0.39, 0.29) is 12.3 Å². The molecule has 0 bridgehead atoms. The summed E-state index contributed by atoms with van der Waals surface area (Å²) in [5, 5.41) is 16.7. The Morgan fingerprint density at radius 2 is 1.95 bits per heavy atom. The molecule has 1 N–H and O–H groups in total. The highest BCUT2D eigenvalue weighted by molar-refractivity contribution is 5.66. The maximum absolute atomic E-state index is 10.6. The summed E-state index contributed by atoms with van der Waals surface area (Å²) in [6.45, 7) is 1.85. The van der Waals surface area contributed by atoms with E-state index in [1.54, 1.807) is 7.11 Å². The zero-order valence-electron chi connectivity index (χ0n) is 12.1. The number of nitrogens with zero attached hydrogens (tertiary/aromatic N) is 2. The van der Waals surface area contributed by atoms with Crippen molar-refractivity contribution in [1.82, 2.24) is 10.2 Å². The standard InChI is InChI=1S/C15H18N2O4/c1-10(8-15(18)19)7-13-16-17-14(21-13)9-11-3-5-12(20-2)6-4-11/h3-6,10H,7-9H2,1-2H3,(H,18,19). The van der Waals surface area contributed by atoms with Crippen molar-refractivity contribution in [2.24, 2.45) is 5.92 Å². The molecule has 1 aromatic heterocycles. The van der Waals surface area contributed by atoms with Gasteiger partial charge in [-0.1, -0.05) is 19.1 Å². The van der Waals surface area contributed by atoms with E-state index < -0.39 is 5.97 Å². The van der Waals surface area contributed by atoms with Gasteiger partial charge in [-0.15, -0.1) is 10.2 Å². The Morgan fingerprint density at radius 1 is 1.29 bits per heavy atom. The van der Waals surface area contributed by atoms with Crippen molar-refractivity contribution >= 4 is 5.97 Å². The molecule has 0 fully saturated rings. The number of aromatic nitrogens is 2. The van der Waals surface area contributed by atoms with Crippen molar-refractivity contribution < 1.29 is 19.1 Å². The van der Waals surface area contributed by atoms with Crippen molar-refractivity contribution in [3.05, 3.63) is 41.6 Å². The zero-order chi connectivity index (χ0) is 15.2. The van der Waals surface area contributed by atoms with E-state index in [4.69, 9.17) is 14.3 Å². The second-order valence-corrected chi connectivity index (χ2v) is 5.02. The summed E-state index contributed by atoms with van der Waals surface area (Å²) in [6, 6.07) is 7.63. The molecule has 1 unspecified atom stereocenters.